The molecule has 1 aliphatic heterocycles. The quantitative estimate of drug-likeness (QED) is 0.796. The van der Waals surface area contributed by atoms with Crippen LogP contribution in [0.1, 0.15) is 32.0 Å². The summed E-state index contributed by atoms with van der Waals surface area (Å²) in [6.07, 6.45) is 6.65. The molecule has 0 spiro atoms. The van der Waals surface area contributed by atoms with E-state index in [0.717, 1.165) is 30.0 Å². The molecule has 0 amide bonds. The normalized spacial score (nSPS) is 18.2. The number of likely N-dealkylation sites (tertiary alicyclic amines) is 1. The number of fused-ring (bicyclic) bond motifs is 1. The van der Waals surface area contributed by atoms with Gasteiger partial charge in [0.15, 0.2) is 5.65 Å². The molecule has 3 rings (SSSR count). The van der Waals surface area contributed by atoms with Gasteiger partial charge in [0.2, 0.25) is 0 Å². The number of pyridine rings is 1. The maximum Gasteiger partial charge on any atom is 0.160 e. The van der Waals surface area contributed by atoms with Crippen LogP contribution >= 0.6 is 11.6 Å². The van der Waals surface area contributed by atoms with E-state index >= 15 is 0 Å². The minimum atomic E-state index is 0.513. The second kappa shape index (κ2) is 6.75. The average Bonchev–Trinajstić information content (AvgIpc) is 2.86. The Morgan fingerprint density at radius 2 is 2.10 bits per heavy atom. The third kappa shape index (κ3) is 3.22. The van der Waals surface area contributed by atoms with Crippen molar-refractivity contribution in [1.29, 1.82) is 0 Å². The van der Waals surface area contributed by atoms with Gasteiger partial charge in [0.1, 0.15) is 11.3 Å². The zero-order valence-electron chi connectivity index (χ0n) is 12.6. The molecule has 0 saturated carbocycles. The highest BCUT2D eigenvalue weighted by Crippen LogP contribution is 2.18. The molecule has 0 bridgehead atoms. The van der Waals surface area contributed by atoms with E-state index in [1.165, 1.54) is 32.4 Å². The summed E-state index contributed by atoms with van der Waals surface area (Å²) in [5, 5.41) is 0. The summed E-state index contributed by atoms with van der Waals surface area (Å²) in [5.74, 6) is 1.66. The van der Waals surface area contributed by atoms with Crippen LogP contribution in [0.5, 0.6) is 0 Å². The smallest absolute Gasteiger partial charge is 0.160 e. The minimum absolute atomic E-state index is 0.513. The van der Waals surface area contributed by atoms with Crippen molar-refractivity contribution in [3.63, 3.8) is 0 Å². The van der Waals surface area contributed by atoms with E-state index in [0.29, 0.717) is 11.9 Å². The number of rotatable bonds is 5. The van der Waals surface area contributed by atoms with Crippen LogP contribution in [-0.4, -0.2) is 44.4 Å². The Morgan fingerprint density at radius 1 is 1.29 bits per heavy atom. The van der Waals surface area contributed by atoms with Gasteiger partial charge in [-0.25, -0.2) is 9.97 Å². The van der Waals surface area contributed by atoms with Crippen molar-refractivity contribution in [1.82, 2.24) is 19.4 Å². The number of imidazole rings is 1. The number of aryl methyl sites for hydroxylation is 1. The van der Waals surface area contributed by atoms with Crippen LogP contribution < -0.4 is 0 Å². The molecule has 1 fully saturated rings. The third-order valence-electron chi connectivity index (χ3n) is 4.36. The number of alkyl halides is 1. The van der Waals surface area contributed by atoms with Crippen LogP contribution in [0.4, 0.5) is 0 Å². The van der Waals surface area contributed by atoms with E-state index < -0.39 is 0 Å². The number of aromatic nitrogens is 3. The van der Waals surface area contributed by atoms with Gasteiger partial charge in [-0.15, -0.1) is 11.6 Å². The SMILES string of the molecule is CC(Cn1c(CCCl)nc2cccnc21)N1CCCCC1. The Labute approximate surface area is 131 Å². The van der Waals surface area contributed by atoms with E-state index in [2.05, 4.69) is 21.4 Å². The predicted molar refractivity (Wildman–Crippen MR) is 86.8 cm³/mol. The first-order chi connectivity index (χ1) is 10.3. The summed E-state index contributed by atoms with van der Waals surface area (Å²) in [7, 11) is 0. The molecule has 0 aliphatic carbocycles. The lowest BCUT2D eigenvalue weighted by Crippen LogP contribution is -2.40. The molecule has 1 saturated heterocycles. The number of hydrogen-bond donors (Lipinski definition) is 0. The van der Waals surface area contributed by atoms with Gasteiger partial charge in [0.05, 0.1) is 0 Å². The Hall–Kier alpha value is -1.13. The molecule has 4 nitrogen and oxygen atoms in total. The van der Waals surface area contributed by atoms with Gasteiger partial charge >= 0.3 is 0 Å². The summed E-state index contributed by atoms with van der Waals surface area (Å²) in [6.45, 7) is 5.68. The maximum absolute atomic E-state index is 5.94. The van der Waals surface area contributed by atoms with Gasteiger partial charge in [-0.1, -0.05) is 6.42 Å². The zero-order chi connectivity index (χ0) is 14.7. The van der Waals surface area contributed by atoms with E-state index in [1.54, 1.807) is 0 Å². The Balaban J connectivity index is 1.85. The fourth-order valence-electron chi connectivity index (χ4n) is 3.21. The Bertz CT molecular complexity index is 589. The number of nitrogens with zero attached hydrogens (tertiary/aromatic N) is 4. The summed E-state index contributed by atoms with van der Waals surface area (Å²) < 4.78 is 2.26. The van der Waals surface area contributed by atoms with Crippen LogP contribution in [0.2, 0.25) is 0 Å². The highest BCUT2D eigenvalue weighted by molar-refractivity contribution is 6.17. The van der Waals surface area contributed by atoms with Gasteiger partial charge in [-0.3, -0.25) is 4.90 Å². The lowest BCUT2D eigenvalue weighted by atomic mass is 10.1. The molecule has 3 heterocycles. The van der Waals surface area contributed by atoms with Gasteiger partial charge < -0.3 is 4.57 Å². The number of halogens is 1. The minimum Gasteiger partial charge on any atom is -0.311 e. The van der Waals surface area contributed by atoms with Crippen molar-refractivity contribution in [2.75, 3.05) is 19.0 Å². The summed E-state index contributed by atoms with van der Waals surface area (Å²) in [4.78, 5) is 11.8. The molecule has 5 heteroatoms. The van der Waals surface area contributed by atoms with Crippen molar-refractivity contribution in [3.05, 3.63) is 24.2 Å². The van der Waals surface area contributed by atoms with Gasteiger partial charge in [-0.2, -0.15) is 0 Å². The van der Waals surface area contributed by atoms with Crippen LogP contribution in [0.25, 0.3) is 11.2 Å². The highest BCUT2D eigenvalue weighted by atomic mass is 35.5. The van der Waals surface area contributed by atoms with Crippen molar-refractivity contribution in [3.8, 4) is 0 Å². The maximum atomic E-state index is 5.94. The third-order valence-corrected chi connectivity index (χ3v) is 4.55. The van der Waals surface area contributed by atoms with Crippen molar-refractivity contribution in [2.45, 2.75) is 45.2 Å². The summed E-state index contributed by atoms with van der Waals surface area (Å²) >= 11 is 5.94. The Kier molecular flexibility index (Phi) is 4.76. The fraction of sp³-hybridized carbons (Fsp3) is 0.625. The molecule has 0 radical (unpaired) electrons. The molecule has 1 atom stereocenters. The highest BCUT2D eigenvalue weighted by Gasteiger charge is 2.20. The molecule has 2 aromatic heterocycles. The van der Waals surface area contributed by atoms with E-state index in [-0.39, 0.29) is 0 Å². The van der Waals surface area contributed by atoms with Crippen LogP contribution in [0.3, 0.4) is 0 Å². The fourth-order valence-corrected chi connectivity index (χ4v) is 3.38. The second-order valence-corrected chi connectivity index (χ2v) is 6.25. The zero-order valence-corrected chi connectivity index (χ0v) is 13.4. The van der Waals surface area contributed by atoms with E-state index in [4.69, 9.17) is 16.6 Å². The molecular weight excluding hydrogens is 284 g/mol. The first kappa shape index (κ1) is 14.8. The van der Waals surface area contributed by atoms with Crippen LogP contribution in [0.15, 0.2) is 18.3 Å². The summed E-state index contributed by atoms with van der Waals surface area (Å²) in [6, 6.07) is 4.49. The van der Waals surface area contributed by atoms with Crippen molar-refractivity contribution in [2.24, 2.45) is 0 Å². The molecular formula is C16H23ClN4. The monoisotopic (exact) mass is 306 g/mol. The number of hydrogen-bond acceptors (Lipinski definition) is 3. The topological polar surface area (TPSA) is 34.0 Å². The molecule has 0 aromatic carbocycles. The van der Waals surface area contributed by atoms with E-state index in [1.807, 2.05) is 18.3 Å². The van der Waals surface area contributed by atoms with Crippen LogP contribution in [0, 0.1) is 0 Å². The lowest BCUT2D eigenvalue weighted by molar-refractivity contribution is 0.160. The first-order valence-corrected chi connectivity index (χ1v) is 8.43. The van der Waals surface area contributed by atoms with Gasteiger partial charge in [0.25, 0.3) is 0 Å². The molecule has 1 unspecified atom stereocenters. The number of piperidine rings is 1. The summed E-state index contributed by atoms with van der Waals surface area (Å²) in [5.41, 5.74) is 1.96. The van der Waals surface area contributed by atoms with Crippen LogP contribution in [-0.2, 0) is 13.0 Å². The molecule has 0 N–H and O–H groups in total. The molecule has 21 heavy (non-hydrogen) atoms. The lowest BCUT2D eigenvalue weighted by Gasteiger charge is -2.32. The molecule has 114 valence electrons. The van der Waals surface area contributed by atoms with Crippen molar-refractivity contribution < 1.29 is 0 Å². The van der Waals surface area contributed by atoms with Gasteiger partial charge in [-0.05, 0) is 45.0 Å². The molecule has 1 aliphatic rings. The Morgan fingerprint density at radius 3 is 2.86 bits per heavy atom. The largest absolute Gasteiger partial charge is 0.311 e. The molecule has 2 aromatic rings. The van der Waals surface area contributed by atoms with Gasteiger partial charge in [0, 0.05) is 31.1 Å². The van der Waals surface area contributed by atoms with E-state index in [9.17, 15) is 0 Å². The standard InChI is InChI=1S/C16H23ClN4/c1-13(20-10-3-2-4-11-20)12-21-15(7-8-17)19-14-6-5-9-18-16(14)21/h5-6,9,13H,2-4,7-8,10-12H2,1H3. The predicted octanol–water partition coefficient (Wildman–Crippen LogP) is 3.09. The average molecular weight is 307 g/mol. The van der Waals surface area contributed by atoms with Crippen molar-refractivity contribution >= 4 is 22.8 Å². The second-order valence-electron chi connectivity index (χ2n) is 5.87. The first-order valence-electron chi connectivity index (χ1n) is 7.89.